The molecule has 1 aromatic rings. The monoisotopic (exact) mass is 166 g/mol. The van der Waals surface area contributed by atoms with Crippen LogP contribution in [0.25, 0.3) is 0 Å². The van der Waals surface area contributed by atoms with Crippen molar-refractivity contribution in [1.29, 1.82) is 0 Å². The van der Waals surface area contributed by atoms with Crippen molar-refractivity contribution in [2.24, 2.45) is 0 Å². The zero-order valence-electron chi connectivity index (χ0n) is 7.26. The zero-order chi connectivity index (χ0) is 8.72. The van der Waals surface area contributed by atoms with E-state index in [0.717, 1.165) is 18.7 Å². The maximum atomic E-state index is 13.1. The Labute approximate surface area is 70.9 Å². The lowest BCUT2D eigenvalue weighted by Crippen LogP contribution is -2.01. The van der Waals surface area contributed by atoms with Crippen LogP contribution >= 0.6 is 0 Å². The highest BCUT2D eigenvalue weighted by Crippen LogP contribution is 2.38. The molecule has 3 heteroatoms. The Kier molecular flexibility index (Phi) is 1.60. The van der Waals surface area contributed by atoms with Crippen LogP contribution in [0.3, 0.4) is 0 Å². The first-order valence-corrected chi connectivity index (χ1v) is 4.19. The van der Waals surface area contributed by atoms with Crippen molar-refractivity contribution in [3.63, 3.8) is 0 Å². The molecule has 0 unspecified atom stereocenters. The second-order valence-corrected chi connectivity index (χ2v) is 3.34. The van der Waals surface area contributed by atoms with Gasteiger partial charge in [0.05, 0.1) is 11.4 Å². The molecule has 12 heavy (non-hydrogen) atoms. The van der Waals surface area contributed by atoms with E-state index < -0.39 is 0 Å². The predicted octanol–water partition coefficient (Wildman–Crippen LogP) is 2.11. The van der Waals surface area contributed by atoms with E-state index in [2.05, 4.69) is 9.97 Å². The van der Waals surface area contributed by atoms with E-state index in [1.54, 1.807) is 13.8 Å². The Morgan fingerprint density at radius 2 is 1.67 bits per heavy atom. The lowest BCUT2D eigenvalue weighted by Gasteiger charge is -2.02. The minimum Gasteiger partial charge on any atom is -0.235 e. The van der Waals surface area contributed by atoms with Crippen molar-refractivity contribution in [3.05, 3.63) is 23.0 Å². The fraction of sp³-hybridized carbons (Fsp3) is 0.556. The van der Waals surface area contributed by atoms with Crippen LogP contribution in [0.5, 0.6) is 0 Å². The van der Waals surface area contributed by atoms with Crippen molar-refractivity contribution in [1.82, 2.24) is 9.97 Å². The molecule has 0 aromatic carbocycles. The van der Waals surface area contributed by atoms with Gasteiger partial charge in [-0.1, -0.05) is 0 Å². The van der Waals surface area contributed by atoms with E-state index in [1.807, 2.05) is 0 Å². The van der Waals surface area contributed by atoms with Crippen molar-refractivity contribution >= 4 is 0 Å². The Balaban J connectivity index is 2.45. The van der Waals surface area contributed by atoms with Crippen LogP contribution in [0, 0.1) is 19.7 Å². The van der Waals surface area contributed by atoms with Gasteiger partial charge >= 0.3 is 0 Å². The highest BCUT2D eigenvalue weighted by atomic mass is 19.1. The van der Waals surface area contributed by atoms with Gasteiger partial charge in [0, 0.05) is 5.92 Å². The van der Waals surface area contributed by atoms with Gasteiger partial charge in [0.25, 0.3) is 0 Å². The third kappa shape index (κ3) is 1.19. The summed E-state index contributed by atoms with van der Waals surface area (Å²) in [5.74, 6) is 1.06. The molecule has 1 heterocycles. The first kappa shape index (κ1) is 7.65. The second-order valence-electron chi connectivity index (χ2n) is 3.34. The van der Waals surface area contributed by atoms with Crippen molar-refractivity contribution < 1.29 is 4.39 Å². The smallest absolute Gasteiger partial charge is 0.165 e. The predicted molar refractivity (Wildman–Crippen MR) is 43.4 cm³/mol. The molecule has 2 nitrogen and oxygen atoms in total. The molecular formula is C9H11FN2. The molecule has 64 valence electrons. The summed E-state index contributed by atoms with van der Waals surface area (Å²) in [6, 6.07) is 0. The molecule has 1 fully saturated rings. The van der Waals surface area contributed by atoms with Crippen LogP contribution in [-0.4, -0.2) is 9.97 Å². The van der Waals surface area contributed by atoms with Gasteiger partial charge in [-0.15, -0.1) is 0 Å². The van der Waals surface area contributed by atoms with Crippen molar-refractivity contribution in [2.45, 2.75) is 32.6 Å². The van der Waals surface area contributed by atoms with E-state index in [9.17, 15) is 4.39 Å². The molecule has 1 aromatic heterocycles. The Morgan fingerprint density at radius 1 is 1.17 bits per heavy atom. The molecule has 2 rings (SSSR count). The first-order valence-electron chi connectivity index (χ1n) is 4.19. The van der Waals surface area contributed by atoms with Gasteiger partial charge in [-0.2, -0.15) is 0 Å². The van der Waals surface area contributed by atoms with Crippen LogP contribution in [0.2, 0.25) is 0 Å². The number of hydrogen-bond donors (Lipinski definition) is 0. The third-order valence-electron chi connectivity index (χ3n) is 2.14. The van der Waals surface area contributed by atoms with Crippen LogP contribution in [-0.2, 0) is 0 Å². The summed E-state index contributed by atoms with van der Waals surface area (Å²) in [6.45, 7) is 3.38. The van der Waals surface area contributed by atoms with Crippen LogP contribution in [0.15, 0.2) is 0 Å². The zero-order valence-corrected chi connectivity index (χ0v) is 7.26. The molecule has 0 aliphatic heterocycles. The largest absolute Gasteiger partial charge is 0.235 e. The summed E-state index contributed by atoms with van der Waals surface area (Å²) in [7, 11) is 0. The van der Waals surface area contributed by atoms with E-state index in [4.69, 9.17) is 0 Å². The summed E-state index contributed by atoms with van der Waals surface area (Å²) < 4.78 is 13.1. The standard InChI is InChI=1S/C9H11FN2/c1-5-8(10)6(2)12-9(11-5)7-3-4-7/h7H,3-4H2,1-2H3. The van der Waals surface area contributed by atoms with Crippen molar-refractivity contribution in [3.8, 4) is 0 Å². The fourth-order valence-electron chi connectivity index (χ4n) is 1.25. The minimum atomic E-state index is -0.264. The van der Waals surface area contributed by atoms with Gasteiger partial charge in [-0.25, -0.2) is 14.4 Å². The molecule has 0 spiro atoms. The Bertz CT molecular complexity index is 295. The number of aryl methyl sites for hydroxylation is 2. The fourth-order valence-corrected chi connectivity index (χ4v) is 1.25. The van der Waals surface area contributed by atoms with Gasteiger partial charge < -0.3 is 0 Å². The highest BCUT2D eigenvalue weighted by Gasteiger charge is 2.27. The maximum Gasteiger partial charge on any atom is 0.165 e. The molecule has 1 aliphatic carbocycles. The van der Waals surface area contributed by atoms with E-state index in [0.29, 0.717) is 17.3 Å². The van der Waals surface area contributed by atoms with Gasteiger partial charge in [-0.05, 0) is 26.7 Å². The maximum absolute atomic E-state index is 13.1. The summed E-state index contributed by atoms with van der Waals surface area (Å²) in [6.07, 6.45) is 2.31. The Hall–Kier alpha value is -0.990. The molecule has 1 saturated carbocycles. The summed E-state index contributed by atoms with van der Waals surface area (Å²) in [4.78, 5) is 8.22. The number of hydrogen-bond acceptors (Lipinski definition) is 2. The molecule has 0 bridgehead atoms. The number of halogens is 1. The molecule has 0 atom stereocenters. The number of rotatable bonds is 1. The minimum absolute atomic E-state index is 0.264. The molecule has 0 saturated heterocycles. The molecular weight excluding hydrogens is 155 g/mol. The topological polar surface area (TPSA) is 25.8 Å². The second kappa shape index (κ2) is 2.51. The van der Waals surface area contributed by atoms with Gasteiger partial charge in [0.15, 0.2) is 5.82 Å². The number of nitrogens with zero attached hydrogens (tertiary/aromatic N) is 2. The van der Waals surface area contributed by atoms with E-state index in [-0.39, 0.29) is 5.82 Å². The van der Waals surface area contributed by atoms with Gasteiger partial charge in [0.2, 0.25) is 0 Å². The van der Waals surface area contributed by atoms with E-state index in [1.165, 1.54) is 0 Å². The molecule has 0 radical (unpaired) electrons. The van der Waals surface area contributed by atoms with Crippen LogP contribution in [0.4, 0.5) is 4.39 Å². The number of aromatic nitrogens is 2. The highest BCUT2D eigenvalue weighted by molar-refractivity contribution is 5.16. The van der Waals surface area contributed by atoms with E-state index >= 15 is 0 Å². The summed E-state index contributed by atoms with van der Waals surface area (Å²) in [5, 5.41) is 0. The lowest BCUT2D eigenvalue weighted by molar-refractivity contribution is 0.583. The molecule has 0 N–H and O–H groups in total. The molecule has 0 amide bonds. The average Bonchev–Trinajstić information content (AvgIpc) is 2.81. The van der Waals surface area contributed by atoms with Gasteiger partial charge in [0.1, 0.15) is 5.82 Å². The molecule has 1 aliphatic rings. The summed E-state index contributed by atoms with van der Waals surface area (Å²) >= 11 is 0. The van der Waals surface area contributed by atoms with Crippen LogP contribution in [0.1, 0.15) is 36.0 Å². The van der Waals surface area contributed by atoms with Gasteiger partial charge in [-0.3, -0.25) is 0 Å². The lowest BCUT2D eigenvalue weighted by atomic mass is 10.3. The normalized spacial score (nSPS) is 16.6. The quantitative estimate of drug-likeness (QED) is 0.638. The van der Waals surface area contributed by atoms with Crippen molar-refractivity contribution in [2.75, 3.05) is 0 Å². The summed E-state index contributed by atoms with van der Waals surface area (Å²) in [5.41, 5.74) is 0.953. The van der Waals surface area contributed by atoms with Crippen LogP contribution < -0.4 is 0 Å². The SMILES string of the molecule is Cc1nc(C2CC2)nc(C)c1F. The first-order chi connectivity index (χ1) is 5.68. The Morgan fingerprint density at radius 3 is 2.08 bits per heavy atom. The third-order valence-corrected chi connectivity index (χ3v) is 2.14. The average molecular weight is 166 g/mol.